The highest BCUT2D eigenvalue weighted by Crippen LogP contribution is 2.41. The van der Waals surface area contributed by atoms with Gasteiger partial charge in [-0.15, -0.1) is 0 Å². The summed E-state index contributed by atoms with van der Waals surface area (Å²) in [7, 11) is 0. The van der Waals surface area contributed by atoms with E-state index >= 15 is 0 Å². The van der Waals surface area contributed by atoms with E-state index in [1.807, 2.05) is 51.1 Å². The van der Waals surface area contributed by atoms with Crippen LogP contribution in [0.15, 0.2) is 48.0 Å². The minimum absolute atomic E-state index is 0.0161. The van der Waals surface area contributed by atoms with Crippen molar-refractivity contribution >= 4 is 17.4 Å². The maximum absolute atomic E-state index is 13.1. The molecule has 0 radical (unpaired) electrons. The summed E-state index contributed by atoms with van der Waals surface area (Å²) in [4.78, 5) is 27.6. The number of aryl methyl sites for hydroxylation is 1. The number of carbonyl (C=O) groups is 2. The lowest BCUT2D eigenvalue weighted by atomic mass is 9.92. The van der Waals surface area contributed by atoms with Gasteiger partial charge in [0.1, 0.15) is 11.5 Å². The van der Waals surface area contributed by atoms with Crippen molar-refractivity contribution in [1.82, 2.24) is 4.90 Å². The van der Waals surface area contributed by atoms with Crippen LogP contribution < -0.4 is 4.74 Å². The van der Waals surface area contributed by atoms with Crippen molar-refractivity contribution in [1.29, 1.82) is 0 Å². The van der Waals surface area contributed by atoms with Crippen LogP contribution in [0.5, 0.6) is 5.75 Å². The molecule has 1 amide bonds. The van der Waals surface area contributed by atoms with E-state index < -0.39 is 17.7 Å². The molecular formula is C25H27NO5. The molecule has 0 aliphatic carbocycles. The van der Waals surface area contributed by atoms with Gasteiger partial charge in [0.25, 0.3) is 11.7 Å². The molecule has 1 atom stereocenters. The third-order valence-electron chi connectivity index (χ3n) is 5.77. The monoisotopic (exact) mass is 421 g/mol. The molecule has 1 unspecified atom stereocenters. The number of carbonyl (C=O) groups excluding carboxylic acids is 2. The summed E-state index contributed by atoms with van der Waals surface area (Å²) in [5.74, 6) is -0.662. The van der Waals surface area contributed by atoms with Gasteiger partial charge in [0.15, 0.2) is 0 Å². The molecule has 2 aromatic rings. The number of hydrogen-bond acceptors (Lipinski definition) is 5. The first-order valence-electron chi connectivity index (χ1n) is 10.6. The van der Waals surface area contributed by atoms with Crippen LogP contribution in [-0.4, -0.2) is 47.6 Å². The molecule has 0 bridgehead atoms. The minimum atomic E-state index is -0.674. The lowest BCUT2D eigenvalue weighted by molar-refractivity contribution is -0.140. The van der Waals surface area contributed by atoms with Crippen molar-refractivity contribution in [3.63, 3.8) is 0 Å². The van der Waals surface area contributed by atoms with Gasteiger partial charge in [-0.3, -0.25) is 9.59 Å². The Morgan fingerprint density at radius 1 is 1.23 bits per heavy atom. The molecule has 2 aliphatic heterocycles. The second-order valence-corrected chi connectivity index (χ2v) is 8.19. The maximum Gasteiger partial charge on any atom is 0.295 e. The van der Waals surface area contributed by atoms with E-state index in [2.05, 4.69) is 0 Å². The normalized spacial score (nSPS) is 19.7. The number of Topliss-reactive ketones (excluding diaryl/α,β-unsaturated/α-hetero) is 1. The van der Waals surface area contributed by atoms with Crippen LogP contribution in [0.1, 0.15) is 42.1 Å². The SMILES string of the molecule is Cc1ccccc1C1/C(=C(\O)c2ccc3c(c2)CCO3)C(=O)C(=O)N1CCOC(C)C. The van der Waals surface area contributed by atoms with Gasteiger partial charge in [0.2, 0.25) is 0 Å². The molecule has 0 saturated carbocycles. The van der Waals surface area contributed by atoms with Crippen LogP contribution in [0.4, 0.5) is 0 Å². The molecule has 4 rings (SSSR count). The largest absolute Gasteiger partial charge is 0.507 e. The van der Waals surface area contributed by atoms with E-state index in [0.717, 1.165) is 28.9 Å². The molecular weight excluding hydrogens is 394 g/mol. The zero-order valence-electron chi connectivity index (χ0n) is 18.1. The molecule has 6 heteroatoms. The molecule has 0 aromatic heterocycles. The molecule has 2 heterocycles. The Morgan fingerprint density at radius 3 is 2.74 bits per heavy atom. The van der Waals surface area contributed by atoms with Crippen molar-refractivity contribution in [2.24, 2.45) is 0 Å². The first kappa shape index (κ1) is 21.1. The van der Waals surface area contributed by atoms with E-state index in [1.54, 1.807) is 12.1 Å². The molecule has 1 N–H and O–H groups in total. The average molecular weight is 421 g/mol. The Kier molecular flexibility index (Phi) is 5.83. The Morgan fingerprint density at radius 2 is 2.00 bits per heavy atom. The average Bonchev–Trinajstić information content (AvgIpc) is 3.31. The van der Waals surface area contributed by atoms with E-state index in [0.29, 0.717) is 18.8 Å². The van der Waals surface area contributed by atoms with Crippen LogP contribution in [-0.2, 0) is 20.7 Å². The van der Waals surface area contributed by atoms with Crippen LogP contribution in [0, 0.1) is 6.92 Å². The number of nitrogens with zero attached hydrogens (tertiary/aromatic N) is 1. The minimum Gasteiger partial charge on any atom is -0.507 e. The van der Waals surface area contributed by atoms with Gasteiger partial charge < -0.3 is 19.5 Å². The highest BCUT2D eigenvalue weighted by molar-refractivity contribution is 6.46. The standard InChI is InChI=1S/C25H27NO5/c1-15(2)30-13-11-26-22(19-7-5-4-6-16(19)3)21(24(28)25(26)29)23(27)18-8-9-20-17(14-18)10-12-31-20/h4-9,14-15,22,27H,10-13H2,1-3H3/b23-21+. The van der Waals surface area contributed by atoms with E-state index in [-0.39, 0.29) is 24.0 Å². The molecule has 0 spiro atoms. The highest BCUT2D eigenvalue weighted by atomic mass is 16.5. The summed E-state index contributed by atoms with van der Waals surface area (Å²) in [5.41, 5.74) is 3.37. The number of ether oxygens (including phenoxy) is 2. The lowest BCUT2D eigenvalue weighted by Crippen LogP contribution is -2.33. The van der Waals surface area contributed by atoms with Gasteiger partial charge in [0.05, 0.1) is 30.9 Å². The zero-order chi connectivity index (χ0) is 22.1. The number of rotatable bonds is 6. The van der Waals surface area contributed by atoms with Gasteiger partial charge in [-0.1, -0.05) is 24.3 Å². The molecule has 162 valence electrons. The molecule has 6 nitrogen and oxygen atoms in total. The van der Waals surface area contributed by atoms with Gasteiger partial charge in [-0.2, -0.15) is 0 Å². The molecule has 2 aromatic carbocycles. The quantitative estimate of drug-likeness (QED) is 0.436. The van der Waals surface area contributed by atoms with Crippen molar-refractivity contribution in [3.8, 4) is 5.75 Å². The topological polar surface area (TPSA) is 76.1 Å². The Balaban J connectivity index is 1.80. The van der Waals surface area contributed by atoms with Crippen LogP contribution in [0.2, 0.25) is 0 Å². The molecule has 31 heavy (non-hydrogen) atoms. The first-order chi connectivity index (χ1) is 14.9. The first-order valence-corrected chi connectivity index (χ1v) is 10.6. The van der Waals surface area contributed by atoms with Gasteiger partial charge >= 0.3 is 0 Å². The molecule has 1 saturated heterocycles. The fourth-order valence-corrected chi connectivity index (χ4v) is 4.20. The predicted octanol–water partition coefficient (Wildman–Crippen LogP) is 3.78. The Bertz CT molecular complexity index is 1060. The predicted molar refractivity (Wildman–Crippen MR) is 117 cm³/mol. The summed E-state index contributed by atoms with van der Waals surface area (Å²) >= 11 is 0. The summed E-state index contributed by atoms with van der Waals surface area (Å²) in [6.07, 6.45) is 0.765. The summed E-state index contributed by atoms with van der Waals surface area (Å²) < 4.78 is 11.2. The van der Waals surface area contributed by atoms with Crippen molar-refractivity contribution < 1.29 is 24.2 Å². The third-order valence-corrected chi connectivity index (χ3v) is 5.77. The lowest BCUT2D eigenvalue weighted by Gasteiger charge is -2.26. The summed E-state index contributed by atoms with van der Waals surface area (Å²) in [5, 5.41) is 11.2. The van der Waals surface area contributed by atoms with Crippen molar-refractivity contribution in [3.05, 3.63) is 70.3 Å². The van der Waals surface area contributed by atoms with Crippen LogP contribution >= 0.6 is 0 Å². The van der Waals surface area contributed by atoms with Crippen molar-refractivity contribution in [2.45, 2.75) is 39.3 Å². The third kappa shape index (κ3) is 3.95. The van der Waals surface area contributed by atoms with E-state index in [9.17, 15) is 14.7 Å². The summed E-state index contributed by atoms with van der Waals surface area (Å²) in [6.45, 7) is 6.95. The Hall–Kier alpha value is -3.12. The number of aliphatic hydroxyl groups is 1. The second kappa shape index (κ2) is 8.55. The fraction of sp³-hybridized carbons (Fsp3) is 0.360. The summed E-state index contributed by atoms with van der Waals surface area (Å²) in [6, 6.07) is 12.3. The second-order valence-electron chi connectivity index (χ2n) is 8.19. The molecule has 2 aliphatic rings. The number of likely N-dealkylation sites (tertiary alicyclic amines) is 1. The molecule has 1 fully saturated rings. The number of ketones is 1. The number of benzene rings is 2. The smallest absolute Gasteiger partial charge is 0.295 e. The van der Waals surface area contributed by atoms with Crippen LogP contribution in [0.25, 0.3) is 5.76 Å². The number of aliphatic hydroxyl groups excluding tert-OH is 1. The van der Waals surface area contributed by atoms with Crippen LogP contribution in [0.3, 0.4) is 0 Å². The number of hydrogen-bond donors (Lipinski definition) is 1. The van der Waals surface area contributed by atoms with E-state index in [1.165, 1.54) is 4.90 Å². The zero-order valence-corrected chi connectivity index (χ0v) is 18.1. The highest BCUT2D eigenvalue weighted by Gasteiger charge is 2.46. The van der Waals surface area contributed by atoms with Gasteiger partial charge in [0, 0.05) is 18.5 Å². The van der Waals surface area contributed by atoms with Gasteiger partial charge in [-0.25, -0.2) is 0 Å². The number of amides is 1. The number of fused-ring (bicyclic) bond motifs is 1. The van der Waals surface area contributed by atoms with Crippen molar-refractivity contribution in [2.75, 3.05) is 19.8 Å². The fourth-order valence-electron chi connectivity index (χ4n) is 4.20. The van der Waals surface area contributed by atoms with E-state index in [4.69, 9.17) is 9.47 Å². The van der Waals surface area contributed by atoms with Gasteiger partial charge in [-0.05, 0) is 55.7 Å². The Labute approximate surface area is 182 Å². The maximum atomic E-state index is 13.1.